The molecule has 0 aliphatic carbocycles. The molecule has 0 atom stereocenters. The molecule has 0 aliphatic rings. The number of halogens is 1. The molecule has 0 fully saturated rings. The molecule has 0 amide bonds. The van der Waals surface area contributed by atoms with Crippen LogP contribution < -0.4 is 9.44 Å². The van der Waals surface area contributed by atoms with E-state index in [9.17, 15) is 8.42 Å². The van der Waals surface area contributed by atoms with Gasteiger partial charge in [0.25, 0.3) is 10.2 Å². The largest absolute Gasteiger partial charge is 0.383 e. The van der Waals surface area contributed by atoms with Crippen LogP contribution in [0, 0.1) is 13.8 Å². The molecule has 0 saturated carbocycles. The Labute approximate surface area is 116 Å². The average Bonchev–Trinajstić information content (AvgIpc) is 2.23. The number of hydrogen-bond acceptors (Lipinski definition) is 3. The zero-order valence-electron chi connectivity index (χ0n) is 10.6. The minimum atomic E-state index is -3.57. The van der Waals surface area contributed by atoms with Gasteiger partial charge in [-0.2, -0.15) is 13.1 Å². The van der Waals surface area contributed by atoms with Crippen LogP contribution in [-0.4, -0.2) is 28.7 Å². The minimum Gasteiger partial charge on any atom is -0.383 e. The van der Waals surface area contributed by atoms with Gasteiger partial charge in [-0.05, 0) is 47.0 Å². The fourth-order valence-electron chi connectivity index (χ4n) is 1.49. The summed E-state index contributed by atoms with van der Waals surface area (Å²) in [5, 5.41) is 0. The first-order chi connectivity index (χ1) is 8.35. The summed E-state index contributed by atoms with van der Waals surface area (Å²) in [6.45, 7) is 4.36. The van der Waals surface area contributed by atoms with Crippen molar-refractivity contribution in [2.75, 3.05) is 25.0 Å². The van der Waals surface area contributed by atoms with Crippen molar-refractivity contribution in [2.45, 2.75) is 13.8 Å². The Hall–Kier alpha value is -0.630. The molecule has 0 aromatic heterocycles. The second-order valence-electron chi connectivity index (χ2n) is 3.93. The van der Waals surface area contributed by atoms with Gasteiger partial charge in [0.05, 0.1) is 12.3 Å². The highest BCUT2D eigenvalue weighted by molar-refractivity contribution is 9.10. The van der Waals surface area contributed by atoms with E-state index in [-0.39, 0.29) is 6.54 Å². The van der Waals surface area contributed by atoms with Crippen molar-refractivity contribution in [3.05, 3.63) is 27.7 Å². The summed E-state index contributed by atoms with van der Waals surface area (Å²) in [7, 11) is -2.06. The normalized spacial score (nSPS) is 11.6. The molecule has 0 aliphatic heterocycles. The lowest BCUT2D eigenvalue weighted by molar-refractivity contribution is 0.204. The number of methoxy groups -OCH3 is 1. The van der Waals surface area contributed by atoms with E-state index in [1.165, 1.54) is 7.11 Å². The third-order valence-corrected chi connectivity index (χ3v) is 3.95. The van der Waals surface area contributed by atoms with E-state index in [1.54, 1.807) is 0 Å². The van der Waals surface area contributed by atoms with Gasteiger partial charge in [0.15, 0.2) is 0 Å². The van der Waals surface area contributed by atoms with Crippen LogP contribution in [0.1, 0.15) is 11.1 Å². The molecule has 1 aromatic carbocycles. The Bertz CT molecular complexity index is 494. The molecular weight excluding hydrogens is 320 g/mol. The molecule has 0 unspecified atom stereocenters. The van der Waals surface area contributed by atoms with Gasteiger partial charge in [0, 0.05) is 18.1 Å². The first kappa shape index (κ1) is 15.4. The lowest BCUT2D eigenvalue weighted by Crippen LogP contribution is -2.32. The smallest absolute Gasteiger partial charge is 0.299 e. The Morgan fingerprint density at radius 3 is 2.56 bits per heavy atom. The summed E-state index contributed by atoms with van der Waals surface area (Å²) in [6, 6.07) is 3.78. The van der Waals surface area contributed by atoms with E-state index in [4.69, 9.17) is 4.74 Å². The quantitative estimate of drug-likeness (QED) is 0.780. The average molecular weight is 337 g/mol. The van der Waals surface area contributed by atoms with Gasteiger partial charge in [-0.15, -0.1) is 0 Å². The third-order valence-electron chi connectivity index (χ3n) is 2.27. The molecule has 0 radical (unpaired) electrons. The van der Waals surface area contributed by atoms with Crippen LogP contribution in [0.2, 0.25) is 0 Å². The Kier molecular flexibility index (Phi) is 5.58. The predicted octanol–water partition coefficient (Wildman–Crippen LogP) is 1.96. The molecule has 0 heterocycles. The molecule has 0 saturated heterocycles. The van der Waals surface area contributed by atoms with Crippen molar-refractivity contribution in [1.82, 2.24) is 4.72 Å². The lowest BCUT2D eigenvalue weighted by atomic mass is 10.1. The summed E-state index contributed by atoms with van der Waals surface area (Å²) in [5.74, 6) is 0. The topological polar surface area (TPSA) is 67.4 Å². The molecule has 18 heavy (non-hydrogen) atoms. The standard InChI is InChI=1S/C11H17BrN2O3S/c1-8-6-9(2)11(10(12)7-8)14-18(15,16)13-4-5-17-3/h6-7,13-14H,4-5H2,1-3H3. The molecule has 5 nitrogen and oxygen atoms in total. The van der Waals surface area contributed by atoms with Crippen LogP contribution in [0.3, 0.4) is 0 Å². The number of nitrogens with one attached hydrogen (secondary N) is 2. The molecule has 7 heteroatoms. The minimum absolute atomic E-state index is 0.231. The second kappa shape index (κ2) is 6.51. The van der Waals surface area contributed by atoms with Crippen molar-refractivity contribution >= 4 is 31.8 Å². The maximum Gasteiger partial charge on any atom is 0.299 e. The molecule has 2 N–H and O–H groups in total. The maximum absolute atomic E-state index is 11.8. The van der Waals surface area contributed by atoms with Crippen molar-refractivity contribution in [2.24, 2.45) is 0 Å². The monoisotopic (exact) mass is 336 g/mol. The van der Waals surface area contributed by atoms with Crippen molar-refractivity contribution < 1.29 is 13.2 Å². The zero-order valence-corrected chi connectivity index (χ0v) is 13.0. The number of benzene rings is 1. The van der Waals surface area contributed by atoms with Gasteiger partial charge < -0.3 is 4.74 Å². The number of anilines is 1. The van der Waals surface area contributed by atoms with Gasteiger partial charge in [0.2, 0.25) is 0 Å². The highest BCUT2D eigenvalue weighted by atomic mass is 79.9. The molecule has 0 bridgehead atoms. The molecule has 1 rings (SSSR count). The van der Waals surface area contributed by atoms with Gasteiger partial charge >= 0.3 is 0 Å². The maximum atomic E-state index is 11.8. The number of ether oxygens (including phenoxy) is 1. The van der Waals surface area contributed by atoms with E-state index in [2.05, 4.69) is 25.4 Å². The van der Waals surface area contributed by atoms with E-state index < -0.39 is 10.2 Å². The van der Waals surface area contributed by atoms with Crippen LogP contribution in [0.5, 0.6) is 0 Å². The van der Waals surface area contributed by atoms with Crippen LogP contribution in [0.4, 0.5) is 5.69 Å². The highest BCUT2D eigenvalue weighted by Crippen LogP contribution is 2.28. The summed E-state index contributed by atoms with van der Waals surface area (Å²) in [5.41, 5.74) is 2.47. The fraction of sp³-hybridized carbons (Fsp3) is 0.455. The van der Waals surface area contributed by atoms with Gasteiger partial charge in [-0.3, -0.25) is 4.72 Å². The second-order valence-corrected chi connectivity index (χ2v) is 6.29. The molecule has 0 spiro atoms. The van der Waals surface area contributed by atoms with Crippen molar-refractivity contribution in [3.63, 3.8) is 0 Å². The molecule has 1 aromatic rings. The van der Waals surface area contributed by atoms with Crippen LogP contribution >= 0.6 is 15.9 Å². The Balaban J connectivity index is 2.84. The first-order valence-corrected chi connectivity index (χ1v) is 7.66. The van der Waals surface area contributed by atoms with Gasteiger partial charge in [-0.1, -0.05) is 6.07 Å². The highest BCUT2D eigenvalue weighted by Gasteiger charge is 2.13. The fourth-order valence-corrected chi connectivity index (χ4v) is 3.36. The summed E-state index contributed by atoms with van der Waals surface area (Å²) in [6.07, 6.45) is 0. The molecule has 102 valence electrons. The zero-order chi connectivity index (χ0) is 13.8. The number of hydrogen-bond donors (Lipinski definition) is 2. The van der Waals surface area contributed by atoms with E-state index in [1.807, 2.05) is 26.0 Å². The van der Waals surface area contributed by atoms with Crippen molar-refractivity contribution in [1.29, 1.82) is 0 Å². The lowest BCUT2D eigenvalue weighted by Gasteiger charge is -2.13. The van der Waals surface area contributed by atoms with E-state index in [0.717, 1.165) is 15.6 Å². The number of aryl methyl sites for hydroxylation is 2. The predicted molar refractivity (Wildman–Crippen MR) is 76.0 cm³/mol. The summed E-state index contributed by atoms with van der Waals surface area (Å²) in [4.78, 5) is 0. The summed E-state index contributed by atoms with van der Waals surface area (Å²) < 4.78 is 33.9. The van der Waals surface area contributed by atoms with E-state index in [0.29, 0.717) is 12.3 Å². The van der Waals surface area contributed by atoms with Gasteiger partial charge in [-0.25, -0.2) is 0 Å². The Morgan fingerprint density at radius 1 is 1.33 bits per heavy atom. The Morgan fingerprint density at radius 2 is 2.00 bits per heavy atom. The summed E-state index contributed by atoms with van der Waals surface area (Å²) >= 11 is 3.35. The first-order valence-electron chi connectivity index (χ1n) is 5.39. The molecular formula is C11H17BrN2O3S. The number of rotatable bonds is 6. The van der Waals surface area contributed by atoms with Gasteiger partial charge in [0.1, 0.15) is 0 Å². The van der Waals surface area contributed by atoms with Crippen LogP contribution in [0.15, 0.2) is 16.6 Å². The van der Waals surface area contributed by atoms with Crippen molar-refractivity contribution in [3.8, 4) is 0 Å². The van der Waals surface area contributed by atoms with E-state index >= 15 is 0 Å². The van der Waals surface area contributed by atoms with Crippen LogP contribution in [0.25, 0.3) is 0 Å². The van der Waals surface area contributed by atoms with Crippen LogP contribution in [-0.2, 0) is 14.9 Å². The SMILES string of the molecule is COCCNS(=O)(=O)Nc1c(C)cc(C)cc1Br. The third kappa shape index (κ3) is 4.56.